The summed E-state index contributed by atoms with van der Waals surface area (Å²) in [4.78, 5) is 18.5. The number of halogens is 1. The van der Waals surface area contributed by atoms with Gasteiger partial charge in [-0.2, -0.15) is 9.29 Å². The lowest BCUT2D eigenvalue weighted by Gasteiger charge is -2.31. The maximum absolute atomic E-state index is 13.4. The summed E-state index contributed by atoms with van der Waals surface area (Å²) in [5, 5.41) is 7.30. The molecule has 1 aromatic carbocycles. The zero-order valence-electron chi connectivity index (χ0n) is 17.9. The summed E-state index contributed by atoms with van der Waals surface area (Å²) >= 11 is 7.44. The van der Waals surface area contributed by atoms with E-state index in [1.807, 2.05) is 13.0 Å². The van der Waals surface area contributed by atoms with Gasteiger partial charge in [0.25, 0.3) is 0 Å². The van der Waals surface area contributed by atoms with Gasteiger partial charge in [0.15, 0.2) is 0 Å². The average molecular weight is 495 g/mol. The zero-order chi connectivity index (χ0) is 23.0. The van der Waals surface area contributed by atoms with E-state index in [2.05, 4.69) is 15.5 Å². The molecule has 1 aliphatic rings. The third kappa shape index (κ3) is 4.59. The first-order valence-electron chi connectivity index (χ1n) is 10.1. The van der Waals surface area contributed by atoms with Crippen LogP contribution in [-0.4, -0.2) is 41.9 Å². The van der Waals surface area contributed by atoms with E-state index in [9.17, 15) is 13.2 Å². The van der Waals surface area contributed by atoms with Gasteiger partial charge >= 0.3 is 0 Å². The van der Waals surface area contributed by atoms with Crippen LogP contribution in [0.4, 0.5) is 5.69 Å². The fraction of sp³-hybridized carbons (Fsp3) is 0.381. The molecule has 170 valence electrons. The Kier molecular flexibility index (Phi) is 6.39. The normalized spacial score (nSPS) is 17.4. The number of piperidine rings is 1. The highest BCUT2D eigenvalue weighted by atomic mass is 35.5. The number of benzene rings is 1. The number of nitrogens with zero attached hydrogens (tertiary/aromatic N) is 3. The van der Waals surface area contributed by atoms with Crippen molar-refractivity contribution in [3.63, 3.8) is 0 Å². The molecule has 1 aliphatic heterocycles. The van der Waals surface area contributed by atoms with Gasteiger partial charge in [0, 0.05) is 35.6 Å². The van der Waals surface area contributed by atoms with Gasteiger partial charge < -0.3 is 9.84 Å². The summed E-state index contributed by atoms with van der Waals surface area (Å²) in [5.74, 6) is 0.117. The molecule has 0 saturated carbocycles. The Morgan fingerprint density at radius 1 is 1.28 bits per heavy atom. The predicted octanol–water partition coefficient (Wildman–Crippen LogP) is 4.42. The van der Waals surface area contributed by atoms with E-state index in [0.717, 1.165) is 5.56 Å². The fourth-order valence-corrected chi connectivity index (χ4v) is 6.85. The van der Waals surface area contributed by atoms with Gasteiger partial charge in [0.1, 0.15) is 0 Å². The second kappa shape index (κ2) is 8.93. The Bertz CT molecular complexity index is 1270. The van der Waals surface area contributed by atoms with E-state index >= 15 is 0 Å². The molecule has 0 radical (unpaired) electrons. The van der Waals surface area contributed by atoms with Gasteiger partial charge in [-0.1, -0.05) is 22.8 Å². The molecule has 1 N–H and O–H groups in total. The van der Waals surface area contributed by atoms with Crippen LogP contribution in [0, 0.1) is 26.7 Å². The standard InChI is InChI=1S/C21H23ClN4O4S2/c1-12-6-7-16(9-17(12)22)24-21(27)15-5-4-8-26(11-15)32(28,29)19-10-18(31-13(19)2)20-23-14(3)30-25-20/h6-7,9-10,15H,4-5,8,11H2,1-3H3,(H,24,27)/t15-/m1/s1. The van der Waals surface area contributed by atoms with E-state index in [-0.39, 0.29) is 17.3 Å². The Morgan fingerprint density at radius 3 is 2.75 bits per heavy atom. The highest BCUT2D eigenvalue weighted by molar-refractivity contribution is 7.89. The first kappa shape index (κ1) is 22.9. The smallest absolute Gasteiger partial charge is 0.244 e. The van der Waals surface area contributed by atoms with Crippen molar-refractivity contribution in [3.8, 4) is 10.7 Å². The van der Waals surface area contributed by atoms with Crippen molar-refractivity contribution in [1.29, 1.82) is 0 Å². The summed E-state index contributed by atoms with van der Waals surface area (Å²) in [6, 6.07) is 6.89. The Hall–Kier alpha value is -2.27. The van der Waals surface area contributed by atoms with E-state index in [4.69, 9.17) is 16.1 Å². The molecule has 1 atom stereocenters. The molecule has 0 spiro atoms. The highest BCUT2D eigenvalue weighted by Crippen LogP contribution is 2.35. The average Bonchev–Trinajstić information content (AvgIpc) is 3.36. The number of sulfonamides is 1. The van der Waals surface area contributed by atoms with Crippen molar-refractivity contribution >= 4 is 44.6 Å². The molecule has 11 heteroatoms. The Balaban J connectivity index is 1.51. The Morgan fingerprint density at radius 2 is 2.06 bits per heavy atom. The lowest BCUT2D eigenvalue weighted by molar-refractivity contribution is -0.120. The molecule has 0 unspecified atom stereocenters. The second-order valence-corrected chi connectivity index (χ2v) is 11.4. The maximum Gasteiger partial charge on any atom is 0.244 e. The van der Waals surface area contributed by atoms with Crippen molar-refractivity contribution in [2.45, 2.75) is 38.5 Å². The second-order valence-electron chi connectivity index (χ2n) is 7.82. The monoisotopic (exact) mass is 494 g/mol. The molecule has 1 saturated heterocycles. The van der Waals surface area contributed by atoms with Crippen LogP contribution >= 0.6 is 22.9 Å². The van der Waals surface area contributed by atoms with Crippen LogP contribution in [0.15, 0.2) is 33.7 Å². The molecule has 2 aromatic heterocycles. The SMILES string of the molecule is Cc1nc(-c2cc(S(=O)(=O)N3CCC[C@@H](C(=O)Nc4ccc(C)c(Cl)c4)C3)c(C)s2)no1. The number of thiophene rings is 1. The highest BCUT2D eigenvalue weighted by Gasteiger charge is 2.35. The number of nitrogens with one attached hydrogen (secondary N) is 1. The quantitative estimate of drug-likeness (QED) is 0.563. The maximum atomic E-state index is 13.4. The molecule has 8 nitrogen and oxygen atoms in total. The number of carbonyl (C=O) groups is 1. The number of hydrogen-bond acceptors (Lipinski definition) is 7. The van der Waals surface area contributed by atoms with E-state index in [1.54, 1.807) is 32.0 Å². The molecule has 4 rings (SSSR count). The van der Waals surface area contributed by atoms with Gasteiger partial charge in [-0.25, -0.2) is 8.42 Å². The van der Waals surface area contributed by atoms with Gasteiger partial charge in [-0.05, 0) is 50.5 Å². The third-order valence-corrected chi connectivity index (χ3v) is 9.01. The summed E-state index contributed by atoms with van der Waals surface area (Å²) in [6.07, 6.45) is 1.22. The van der Waals surface area contributed by atoms with Gasteiger partial charge in [-0.15, -0.1) is 11.3 Å². The molecular formula is C21H23ClN4O4S2. The van der Waals surface area contributed by atoms with Gasteiger partial charge in [-0.3, -0.25) is 4.79 Å². The van der Waals surface area contributed by atoms with E-state index < -0.39 is 15.9 Å². The molecule has 3 heterocycles. The van der Waals surface area contributed by atoms with Crippen LogP contribution in [0.2, 0.25) is 5.02 Å². The van der Waals surface area contributed by atoms with Crippen LogP contribution < -0.4 is 5.32 Å². The number of aryl methyl sites for hydroxylation is 3. The minimum absolute atomic E-state index is 0.125. The van der Waals surface area contributed by atoms with Crippen LogP contribution in [0.5, 0.6) is 0 Å². The van der Waals surface area contributed by atoms with Crippen LogP contribution in [0.1, 0.15) is 29.2 Å². The molecule has 3 aromatic rings. The lowest BCUT2D eigenvalue weighted by atomic mass is 9.98. The summed E-state index contributed by atoms with van der Waals surface area (Å²) in [6.45, 7) is 5.81. The minimum Gasteiger partial charge on any atom is -0.339 e. The third-order valence-electron chi connectivity index (χ3n) is 5.43. The van der Waals surface area contributed by atoms with E-state index in [1.165, 1.54) is 15.6 Å². The molecule has 0 aliphatic carbocycles. The Labute approximate surface area is 195 Å². The topological polar surface area (TPSA) is 105 Å². The summed E-state index contributed by atoms with van der Waals surface area (Å²) < 4.78 is 33.2. The predicted molar refractivity (Wildman–Crippen MR) is 123 cm³/mol. The van der Waals surface area contributed by atoms with Crippen molar-refractivity contribution in [2.75, 3.05) is 18.4 Å². The molecule has 1 fully saturated rings. The van der Waals surface area contributed by atoms with Crippen molar-refractivity contribution in [1.82, 2.24) is 14.4 Å². The number of aromatic nitrogens is 2. The number of amides is 1. The van der Waals surface area contributed by atoms with Crippen molar-refractivity contribution < 1.29 is 17.7 Å². The van der Waals surface area contributed by atoms with Gasteiger partial charge in [0.2, 0.25) is 27.6 Å². The summed E-state index contributed by atoms with van der Waals surface area (Å²) in [7, 11) is -3.77. The molecule has 1 amide bonds. The van der Waals surface area contributed by atoms with Crippen LogP contribution in [0.25, 0.3) is 10.7 Å². The van der Waals surface area contributed by atoms with E-state index in [0.29, 0.717) is 51.6 Å². The zero-order valence-corrected chi connectivity index (χ0v) is 20.3. The van der Waals surface area contributed by atoms with Gasteiger partial charge in [0.05, 0.1) is 15.7 Å². The molecular weight excluding hydrogens is 472 g/mol. The van der Waals surface area contributed by atoms with Crippen LogP contribution in [0.3, 0.4) is 0 Å². The minimum atomic E-state index is -3.77. The first-order valence-corrected chi connectivity index (χ1v) is 12.8. The number of carbonyl (C=O) groups excluding carboxylic acids is 1. The first-order chi connectivity index (χ1) is 15.1. The van der Waals surface area contributed by atoms with Crippen LogP contribution in [-0.2, 0) is 14.8 Å². The van der Waals surface area contributed by atoms with Crippen molar-refractivity contribution in [3.05, 3.63) is 45.6 Å². The molecule has 32 heavy (non-hydrogen) atoms. The fourth-order valence-electron chi connectivity index (χ4n) is 3.66. The molecule has 0 bridgehead atoms. The number of hydrogen-bond donors (Lipinski definition) is 1. The summed E-state index contributed by atoms with van der Waals surface area (Å²) in [5.41, 5.74) is 1.51. The van der Waals surface area contributed by atoms with Crippen molar-refractivity contribution in [2.24, 2.45) is 5.92 Å². The lowest BCUT2D eigenvalue weighted by Crippen LogP contribution is -2.43. The number of rotatable bonds is 5. The largest absolute Gasteiger partial charge is 0.339 e. The number of anilines is 1.